The highest BCUT2D eigenvalue weighted by atomic mass is 32.2. The third-order valence-electron chi connectivity index (χ3n) is 2.36. The van der Waals surface area contributed by atoms with Gasteiger partial charge in [-0.3, -0.25) is 0 Å². The molecule has 2 rings (SSSR count). The number of thiol groups is 1. The minimum atomic E-state index is 1.02. The standard InChI is InChI=1S/C14H14S2/c15-14-9-5-4-8-13(14)11-16-10-12-6-2-1-3-7-12/h1-9,15H,10-11H2. The van der Waals surface area contributed by atoms with Gasteiger partial charge in [-0.1, -0.05) is 48.5 Å². The lowest BCUT2D eigenvalue weighted by molar-refractivity contribution is 1.27. The molecular formula is C14H14S2. The monoisotopic (exact) mass is 246 g/mol. The predicted molar refractivity (Wildman–Crippen MR) is 75.1 cm³/mol. The summed E-state index contributed by atoms with van der Waals surface area (Å²) in [4.78, 5) is 1.09. The molecular weight excluding hydrogens is 232 g/mol. The highest BCUT2D eigenvalue weighted by Crippen LogP contribution is 2.21. The van der Waals surface area contributed by atoms with Crippen molar-refractivity contribution in [1.29, 1.82) is 0 Å². The molecule has 0 nitrogen and oxygen atoms in total. The highest BCUT2D eigenvalue weighted by molar-refractivity contribution is 7.97. The number of benzene rings is 2. The molecule has 0 fully saturated rings. The maximum atomic E-state index is 4.44. The van der Waals surface area contributed by atoms with E-state index in [1.54, 1.807) is 0 Å². The quantitative estimate of drug-likeness (QED) is 0.780. The molecule has 0 bridgehead atoms. The molecule has 2 heteroatoms. The molecule has 16 heavy (non-hydrogen) atoms. The number of rotatable bonds is 4. The second kappa shape index (κ2) is 6.02. The predicted octanol–water partition coefficient (Wildman–Crippen LogP) is 4.41. The SMILES string of the molecule is Sc1ccccc1CSCc1ccccc1. The zero-order valence-corrected chi connectivity index (χ0v) is 10.7. The van der Waals surface area contributed by atoms with Crippen molar-refractivity contribution in [2.75, 3.05) is 0 Å². The molecule has 0 unspecified atom stereocenters. The van der Waals surface area contributed by atoms with Crippen molar-refractivity contribution in [3.05, 3.63) is 65.7 Å². The Morgan fingerprint density at radius 2 is 1.50 bits per heavy atom. The summed E-state index contributed by atoms with van der Waals surface area (Å²) in [5, 5.41) is 0. The van der Waals surface area contributed by atoms with Crippen molar-refractivity contribution in [2.24, 2.45) is 0 Å². The van der Waals surface area contributed by atoms with E-state index in [4.69, 9.17) is 0 Å². The lowest BCUT2D eigenvalue weighted by atomic mass is 10.2. The zero-order chi connectivity index (χ0) is 11.2. The van der Waals surface area contributed by atoms with Crippen LogP contribution in [0.25, 0.3) is 0 Å². The van der Waals surface area contributed by atoms with Gasteiger partial charge in [-0.05, 0) is 17.2 Å². The van der Waals surface area contributed by atoms with E-state index in [1.165, 1.54) is 11.1 Å². The second-order valence-corrected chi connectivity index (χ2v) is 5.07. The summed E-state index contributed by atoms with van der Waals surface area (Å²) in [5.41, 5.74) is 2.69. The number of thioether (sulfide) groups is 1. The third kappa shape index (κ3) is 3.32. The van der Waals surface area contributed by atoms with Crippen molar-refractivity contribution in [1.82, 2.24) is 0 Å². The van der Waals surface area contributed by atoms with E-state index in [0.717, 1.165) is 16.4 Å². The van der Waals surface area contributed by atoms with Gasteiger partial charge in [0, 0.05) is 16.4 Å². The first-order valence-corrected chi connectivity index (χ1v) is 6.85. The molecule has 0 N–H and O–H groups in total. The van der Waals surface area contributed by atoms with Gasteiger partial charge in [-0.25, -0.2) is 0 Å². The summed E-state index contributed by atoms with van der Waals surface area (Å²) in [6.45, 7) is 0. The van der Waals surface area contributed by atoms with Gasteiger partial charge in [0.1, 0.15) is 0 Å². The molecule has 2 aromatic rings. The van der Waals surface area contributed by atoms with Crippen LogP contribution in [0.15, 0.2) is 59.5 Å². The Morgan fingerprint density at radius 1 is 0.812 bits per heavy atom. The third-order valence-corrected chi connectivity index (χ3v) is 3.85. The van der Waals surface area contributed by atoms with Gasteiger partial charge >= 0.3 is 0 Å². The van der Waals surface area contributed by atoms with Crippen LogP contribution in [-0.2, 0) is 11.5 Å². The average molecular weight is 246 g/mol. The summed E-state index contributed by atoms with van der Waals surface area (Å²) >= 11 is 6.37. The first-order valence-electron chi connectivity index (χ1n) is 5.25. The Kier molecular flexibility index (Phi) is 4.37. The van der Waals surface area contributed by atoms with Crippen LogP contribution in [0.1, 0.15) is 11.1 Å². The summed E-state index contributed by atoms with van der Waals surface area (Å²) in [6, 6.07) is 18.8. The summed E-state index contributed by atoms with van der Waals surface area (Å²) in [5.74, 6) is 2.08. The smallest absolute Gasteiger partial charge is 0.0198 e. The Labute approximate surface area is 106 Å². The van der Waals surface area contributed by atoms with Crippen LogP contribution in [0.3, 0.4) is 0 Å². The van der Waals surface area contributed by atoms with Gasteiger partial charge in [0.25, 0.3) is 0 Å². The molecule has 0 saturated heterocycles. The minimum absolute atomic E-state index is 1.02. The second-order valence-electron chi connectivity index (χ2n) is 3.61. The van der Waals surface area contributed by atoms with E-state index in [-0.39, 0.29) is 0 Å². The average Bonchev–Trinajstić information content (AvgIpc) is 2.33. The fourth-order valence-corrected chi connectivity index (χ4v) is 2.83. The molecule has 2 aromatic carbocycles. The van der Waals surface area contributed by atoms with Gasteiger partial charge in [-0.15, -0.1) is 12.6 Å². The summed E-state index contributed by atoms with van der Waals surface area (Å²) in [6.07, 6.45) is 0. The van der Waals surface area contributed by atoms with E-state index < -0.39 is 0 Å². The van der Waals surface area contributed by atoms with Gasteiger partial charge in [0.15, 0.2) is 0 Å². The van der Waals surface area contributed by atoms with Crippen molar-refractivity contribution >= 4 is 24.4 Å². The van der Waals surface area contributed by atoms with Crippen molar-refractivity contribution in [3.63, 3.8) is 0 Å². The Hall–Kier alpha value is -0.860. The molecule has 0 amide bonds. The molecule has 0 aliphatic carbocycles. The first-order chi connectivity index (χ1) is 7.86. The van der Waals surface area contributed by atoms with E-state index in [0.29, 0.717) is 0 Å². The van der Waals surface area contributed by atoms with E-state index >= 15 is 0 Å². The fourth-order valence-electron chi connectivity index (χ4n) is 1.49. The Morgan fingerprint density at radius 3 is 2.25 bits per heavy atom. The first kappa shape index (κ1) is 11.6. The van der Waals surface area contributed by atoms with Crippen LogP contribution in [0, 0.1) is 0 Å². The van der Waals surface area contributed by atoms with Gasteiger partial charge in [0.2, 0.25) is 0 Å². The summed E-state index contributed by atoms with van der Waals surface area (Å²) < 4.78 is 0. The summed E-state index contributed by atoms with van der Waals surface area (Å²) in [7, 11) is 0. The fraction of sp³-hybridized carbons (Fsp3) is 0.143. The van der Waals surface area contributed by atoms with Crippen LogP contribution >= 0.6 is 24.4 Å². The molecule has 0 heterocycles. The maximum Gasteiger partial charge on any atom is 0.0198 e. The minimum Gasteiger partial charge on any atom is -0.152 e. The largest absolute Gasteiger partial charge is 0.152 e. The zero-order valence-electron chi connectivity index (χ0n) is 8.97. The molecule has 0 atom stereocenters. The molecule has 0 aliphatic rings. The Balaban J connectivity index is 1.87. The van der Waals surface area contributed by atoms with Crippen LogP contribution in [0.2, 0.25) is 0 Å². The topological polar surface area (TPSA) is 0 Å². The van der Waals surface area contributed by atoms with Crippen molar-refractivity contribution in [3.8, 4) is 0 Å². The van der Waals surface area contributed by atoms with Crippen LogP contribution in [0.4, 0.5) is 0 Å². The van der Waals surface area contributed by atoms with Crippen LogP contribution in [0.5, 0.6) is 0 Å². The lowest BCUT2D eigenvalue weighted by Gasteiger charge is -2.04. The molecule has 0 aromatic heterocycles. The number of hydrogen-bond acceptors (Lipinski definition) is 2. The van der Waals surface area contributed by atoms with Gasteiger partial charge in [0.05, 0.1) is 0 Å². The maximum absolute atomic E-state index is 4.44. The van der Waals surface area contributed by atoms with Gasteiger partial charge in [-0.2, -0.15) is 11.8 Å². The van der Waals surface area contributed by atoms with Gasteiger partial charge < -0.3 is 0 Å². The Bertz CT molecular complexity index is 437. The lowest BCUT2D eigenvalue weighted by Crippen LogP contribution is -1.84. The van der Waals surface area contributed by atoms with Crippen LogP contribution < -0.4 is 0 Å². The number of hydrogen-bond donors (Lipinski definition) is 1. The highest BCUT2D eigenvalue weighted by Gasteiger charge is 1.98. The normalized spacial score (nSPS) is 10.3. The van der Waals surface area contributed by atoms with E-state index in [2.05, 4.69) is 55.1 Å². The van der Waals surface area contributed by atoms with Crippen molar-refractivity contribution < 1.29 is 0 Å². The molecule has 0 radical (unpaired) electrons. The molecule has 0 aliphatic heterocycles. The van der Waals surface area contributed by atoms with E-state index in [1.807, 2.05) is 23.9 Å². The van der Waals surface area contributed by atoms with E-state index in [9.17, 15) is 0 Å². The molecule has 0 spiro atoms. The van der Waals surface area contributed by atoms with Crippen molar-refractivity contribution in [2.45, 2.75) is 16.4 Å². The molecule has 82 valence electrons. The molecule has 0 saturated carbocycles. The van der Waals surface area contributed by atoms with Crippen LogP contribution in [-0.4, -0.2) is 0 Å².